The molecule has 0 fully saturated rings. The fourth-order valence-electron chi connectivity index (χ4n) is 3.08. The minimum Gasteiger partial charge on any atom is -0.352 e. The summed E-state index contributed by atoms with van der Waals surface area (Å²) >= 11 is 1.59. The number of carbonyl (C=O) groups is 2. The van der Waals surface area contributed by atoms with Gasteiger partial charge in [0.15, 0.2) is 0 Å². The summed E-state index contributed by atoms with van der Waals surface area (Å²) < 4.78 is 0. The van der Waals surface area contributed by atoms with Crippen LogP contribution in [0.5, 0.6) is 0 Å². The maximum atomic E-state index is 13.1. The van der Waals surface area contributed by atoms with Gasteiger partial charge in [0.2, 0.25) is 11.8 Å². The molecule has 0 aliphatic heterocycles. The molecule has 0 aliphatic rings. The Labute approximate surface area is 185 Å². The molecule has 162 valence electrons. The second-order valence-electron chi connectivity index (χ2n) is 7.98. The first-order valence-corrected chi connectivity index (χ1v) is 11.7. The van der Waals surface area contributed by atoms with Crippen LogP contribution in [0.15, 0.2) is 48.5 Å². The number of benzene rings is 2. The summed E-state index contributed by atoms with van der Waals surface area (Å²) in [7, 11) is 0. The molecule has 0 aromatic heterocycles. The zero-order chi connectivity index (χ0) is 22.1. The maximum Gasteiger partial charge on any atom is 0.242 e. The topological polar surface area (TPSA) is 49.4 Å². The van der Waals surface area contributed by atoms with Crippen molar-refractivity contribution < 1.29 is 9.59 Å². The highest BCUT2D eigenvalue weighted by atomic mass is 32.2. The Morgan fingerprint density at radius 3 is 2.33 bits per heavy atom. The van der Waals surface area contributed by atoms with Gasteiger partial charge in [0.05, 0.1) is 5.75 Å². The van der Waals surface area contributed by atoms with Gasteiger partial charge in [0, 0.05) is 18.3 Å². The van der Waals surface area contributed by atoms with Crippen LogP contribution >= 0.6 is 11.8 Å². The summed E-state index contributed by atoms with van der Waals surface area (Å²) in [6.07, 6.45) is 0.858. The quantitative estimate of drug-likeness (QED) is 0.590. The highest BCUT2D eigenvalue weighted by molar-refractivity contribution is 7.99. The van der Waals surface area contributed by atoms with E-state index in [-0.39, 0.29) is 17.9 Å². The lowest BCUT2D eigenvalue weighted by Gasteiger charge is -2.29. The van der Waals surface area contributed by atoms with Gasteiger partial charge in [0.1, 0.15) is 6.04 Å². The molecule has 0 saturated carbocycles. The average Bonchev–Trinajstić information content (AvgIpc) is 2.72. The van der Waals surface area contributed by atoms with Gasteiger partial charge in [-0.05, 0) is 45.2 Å². The Morgan fingerprint density at radius 1 is 1.00 bits per heavy atom. The number of rotatable bonds is 10. The van der Waals surface area contributed by atoms with E-state index in [0.717, 1.165) is 23.3 Å². The highest BCUT2D eigenvalue weighted by Gasteiger charge is 2.26. The first-order valence-electron chi connectivity index (χ1n) is 10.6. The molecule has 2 unspecified atom stereocenters. The van der Waals surface area contributed by atoms with Crippen LogP contribution < -0.4 is 5.32 Å². The second kappa shape index (κ2) is 11.8. The third-order valence-corrected chi connectivity index (χ3v) is 6.21. The van der Waals surface area contributed by atoms with Crippen molar-refractivity contribution in [3.63, 3.8) is 0 Å². The zero-order valence-electron chi connectivity index (χ0n) is 18.8. The van der Waals surface area contributed by atoms with E-state index in [0.29, 0.717) is 12.3 Å². The Kier molecular flexibility index (Phi) is 9.44. The molecule has 0 radical (unpaired) electrons. The molecule has 0 spiro atoms. The largest absolute Gasteiger partial charge is 0.352 e. The number of nitrogens with zero attached hydrogens (tertiary/aromatic N) is 1. The fourth-order valence-corrected chi connectivity index (χ4v) is 3.95. The standard InChI is InChI=1S/C25H34N2O2S/c1-6-20(4)26-25(29)21(5)27(15-23-9-7-8-19(3)14-23)24(28)17-30-16-22-12-10-18(2)11-13-22/h7-14,20-21H,6,15-17H2,1-5H3,(H,26,29). The molecule has 0 saturated heterocycles. The Bertz CT molecular complexity index is 835. The van der Waals surface area contributed by atoms with Crippen molar-refractivity contribution in [2.24, 2.45) is 0 Å². The minimum atomic E-state index is -0.521. The van der Waals surface area contributed by atoms with E-state index in [1.807, 2.05) is 45.9 Å². The van der Waals surface area contributed by atoms with E-state index in [9.17, 15) is 9.59 Å². The van der Waals surface area contributed by atoms with Crippen molar-refractivity contribution in [2.75, 3.05) is 5.75 Å². The SMILES string of the molecule is CCC(C)NC(=O)C(C)N(Cc1cccc(C)c1)C(=O)CSCc1ccc(C)cc1. The molecular formula is C25H34N2O2S. The second-order valence-corrected chi connectivity index (χ2v) is 8.97. The van der Waals surface area contributed by atoms with Crippen LogP contribution in [-0.2, 0) is 21.9 Å². The molecule has 0 heterocycles. The molecule has 2 atom stereocenters. The molecule has 1 N–H and O–H groups in total. The molecule has 2 aromatic carbocycles. The smallest absolute Gasteiger partial charge is 0.242 e. The van der Waals surface area contributed by atoms with Crippen molar-refractivity contribution in [2.45, 2.75) is 65.4 Å². The molecule has 4 nitrogen and oxygen atoms in total. The molecular weight excluding hydrogens is 392 g/mol. The molecule has 2 aromatic rings. The van der Waals surface area contributed by atoms with Gasteiger partial charge in [-0.2, -0.15) is 0 Å². The monoisotopic (exact) mass is 426 g/mol. The van der Waals surface area contributed by atoms with Crippen LogP contribution in [0.25, 0.3) is 0 Å². The average molecular weight is 427 g/mol. The number of thioether (sulfide) groups is 1. The van der Waals surface area contributed by atoms with Gasteiger partial charge in [0.25, 0.3) is 0 Å². The number of aryl methyl sites for hydroxylation is 2. The lowest BCUT2D eigenvalue weighted by atomic mass is 10.1. The summed E-state index contributed by atoms with van der Waals surface area (Å²) in [5.41, 5.74) is 4.61. The zero-order valence-corrected chi connectivity index (χ0v) is 19.6. The van der Waals surface area contributed by atoms with E-state index in [1.165, 1.54) is 11.1 Å². The third-order valence-electron chi connectivity index (χ3n) is 5.22. The summed E-state index contributed by atoms with van der Waals surface area (Å²) in [5, 5.41) is 3.01. The molecule has 2 amide bonds. The third kappa shape index (κ3) is 7.52. The lowest BCUT2D eigenvalue weighted by Crippen LogP contribution is -2.50. The van der Waals surface area contributed by atoms with Crippen molar-refractivity contribution in [3.8, 4) is 0 Å². The van der Waals surface area contributed by atoms with Crippen LogP contribution in [0.4, 0.5) is 0 Å². The highest BCUT2D eigenvalue weighted by Crippen LogP contribution is 2.17. The molecule has 5 heteroatoms. The van der Waals surface area contributed by atoms with Gasteiger partial charge < -0.3 is 10.2 Å². The van der Waals surface area contributed by atoms with Gasteiger partial charge >= 0.3 is 0 Å². The van der Waals surface area contributed by atoms with E-state index in [1.54, 1.807) is 16.7 Å². The van der Waals surface area contributed by atoms with Crippen molar-refractivity contribution >= 4 is 23.6 Å². The first-order chi connectivity index (χ1) is 14.3. The van der Waals surface area contributed by atoms with Crippen LogP contribution in [0.1, 0.15) is 49.4 Å². The molecule has 2 rings (SSSR count). The summed E-state index contributed by atoms with van der Waals surface area (Å²) in [5.74, 6) is 1.01. The summed E-state index contributed by atoms with van der Waals surface area (Å²) in [6.45, 7) is 10.4. The van der Waals surface area contributed by atoms with E-state index in [4.69, 9.17) is 0 Å². The molecule has 30 heavy (non-hydrogen) atoms. The summed E-state index contributed by atoms with van der Waals surface area (Å²) in [4.78, 5) is 27.5. The number of carbonyl (C=O) groups excluding carboxylic acids is 2. The van der Waals surface area contributed by atoms with Crippen LogP contribution in [-0.4, -0.2) is 34.6 Å². The van der Waals surface area contributed by atoms with Crippen molar-refractivity contribution in [3.05, 3.63) is 70.8 Å². The van der Waals surface area contributed by atoms with E-state index >= 15 is 0 Å². The van der Waals surface area contributed by atoms with Crippen molar-refractivity contribution in [1.29, 1.82) is 0 Å². The molecule has 0 bridgehead atoms. The number of hydrogen-bond acceptors (Lipinski definition) is 3. The first kappa shape index (κ1) is 24.0. The number of hydrogen-bond donors (Lipinski definition) is 1. The van der Waals surface area contributed by atoms with E-state index < -0.39 is 6.04 Å². The minimum absolute atomic E-state index is 0.0135. The normalized spacial score (nSPS) is 12.8. The predicted molar refractivity (Wildman–Crippen MR) is 126 cm³/mol. The molecule has 0 aliphatic carbocycles. The Balaban J connectivity index is 2.07. The lowest BCUT2D eigenvalue weighted by molar-refractivity contribution is -0.138. The number of amides is 2. The Hall–Kier alpha value is -2.27. The van der Waals surface area contributed by atoms with Gasteiger partial charge in [-0.25, -0.2) is 0 Å². The van der Waals surface area contributed by atoms with Crippen LogP contribution in [0.3, 0.4) is 0 Å². The Morgan fingerprint density at radius 2 is 1.70 bits per heavy atom. The van der Waals surface area contributed by atoms with Gasteiger partial charge in [-0.1, -0.05) is 66.6 Å². The van der Waals surface area contributed by atoms with Crippen molar-refractivity contribution in [1.82, 2.24) is 10.2 Å². The van der Waals surface area contributed by atoms with Gasteiger partial charge in [-0.3, -0.25) is 9.59 Å². The van der Waals surface area contributed by atoms with Crippen LogP contribution in [0, 0.1) is 13.8 Å². The van der Waals surface area contributed by atoms with Crippen LogP contribution in [0.2, 0.25) is 0 Å². The van der Waals surface area contributed by atoms with Gasteiger partial charge in [-0.15, -0.1) is 11.8 Å². The number of nitrogens with one attached hydrogen (secondary N) is 1. The van der Waals surface area contributed by atoms with E-state index in [2.05, 4.69) is 42.6 Å². The summed E-state index contributed by atoms with van der Waals surface area (Å²) in [6, 6.07) is 16.0. The predicted octanol–water partition coefficient (Wildman–Crippen LogP) is 4.87. The fraction of sp³-hybridized carbons (Fsp3) is 0.440. The maximum absolute atomic E-state index is 13.1.